The third kappa shape index (κ3) is 2.01. The highest BCUT2D eigenvalue weighted by Gasteiger charge is 2.17. The van der Waals surface area contributed by atoms with Crippen molar-refractivity contribution < 1.29 is 4.74 Å². The van der Waals surface area contributed by atoms with Gasteiger partial charge in [0.25, 0.3) is 0 Å². The van der Waals surface area contributed by atoms with Crippen molar-refractivity contribution in [1.82, 2.24) is 9.55 Å². The molecule has 0 bridgehead atoms. The van der Waals surface area contributed by atoms with Gasteiger partial charge in [0, 0.05) is 12.6 Å². The maximum atomic E-state index is 5.90. The van der Waals surface area contributed by atoms with Gasteiger partial charge in [0.1, 0.15) is 11.5 Å². The van der Waals surface area contributed by atoms with Crippen molar-refractivity contribution in [2.75, 3.05) is 12.8 Å². The van der Waals surface area contributed by atoms with Gasteiger partial charge < -0.3 is 15.0 Å². The van der Waals surface area contributed by atoms with Crippen LogP contribution in [0, 0.1) is 0 Å². The highest BCUT2D eigenvalue weighted by atomic mass is 16.5. The zero-order valence-electron chi connectivity index (χ0n) is 8.66. The van der Waals surface area contributed by atoms with Crippen LogP contribution in [0.15, 0.2) is 6.33 Å². The molecule has 0 saturated heterocycles. The third-order valence-corrected chi connectivity index (χ3v) is 1.89. The van der Waals surface area contributed by atoms with Gasteiger partial charge in [0.2, 0.25) is 0 Å². The van der Waals surface area contributed by atoms with Crippen molar-refractivity contribution >= 4 is 5.82 Å². The van der Waals surface area contributed by atoms with E-state index in [1.165, 1.54) is 0 Å². The van der Waals surface area contributed by atoms with Crippen molar-refractivity contribution in [3.8, 4) is 0 Å². The first kappa shape index (κ1) is 10.1. The average Bonchev–Trinajstić information content (AvgIpc) is 2.32. The number of ether oxygens (including phenoxy) is 1. The maximum Gasteiger partial charge on any atom is 0.129 e. The predicted octanol–water partition coefficient (Wildman–Crippen LogP) is 1.37. The molecule has 0 fully saturated rings. The highest BCUT2D eigenvalue weighted by molar-refractivity contribution is 5.36. The lowest BCUT2D eigenvalue weighted by molar-refractivity contribution is 0.182. The Labute approximate surface area is 78.7 Å². The number of methoxy groups -OCH3 is 1. The van der Waals surface area contributed by atoms with E-state index in [9.17, 15) is 0 Å². The van der Waals surface area contributed by atoms with Crippen molar-refractivity contribution in [3.05, 3.63) is 12.0 Å². The van der Waals surface area contributed by atoms with E-state index < -0.39 is 0 Å². The van der Waals surface area contributed by atoms with E-state index >= 15 is 0 Å². The lowest BCUT2D eigenvalue weighted by Crippen LogP contribution is -2.22. The lowest BCUT2D eigenvalue weighted by Gasteiger charge is -2.22. The largest absolute Gasteiger partial charge is 0.383 e. The molecule has 1 heterocycles. The Kier molecular flexibility index (Phi) is 2.61. The van der Waals surface area contributed by atoms with Gasteiger partial charge in [-0.25, -0.2) is 4.98 Å². The van der Waals surface area contributed by atoms with Crippen LogP contribution in [-0.4, -0.2) is 16.7 Å². The molecule has 0 atom stereocenters. The molecule has 0 spiro atoms. The van der Waals surface area contributed by atoms with Gasteiger partial charge in [-0.2, -0.15) is 0 Å². The van der Waals surface area contributed by atoms with Crippen LogP contribution in [0.2, 0.25) is 0 Å². The number of nitrogens with zero attached hydrogens (tertiary/aromatic N) is 2. The predicted molar refractivity (Wildman–Crippen MR) is 52.3 cm³/mol. The summed E-state index contributed by atoms with van der Waals surface area (Å²) < 4.78 is 6.92. The van der Waals surface area contributed by atoms with Gasteiger partial charge >= 0.3 is 0 Å². The Hall–Kier alpha value is -1.03. The molecular weight excluding hydrogens is 166 g/mol. The summed E-state index contributed by atoms with van der Waals surface area (Å²) in [6.07, 6.45) is 1.75. The monoisotopic (exact) mass is 183 g/mol. The lowest BCUT2D eigenvalue weighted by atomic mass is 10.1. The minimum absolute atomic E-state index is 0.0247. The van der Waals surface area contributed by atoms with Crippen LogP contribution < -0.4 is 5.73 Å². The Bertz CT molecular complexity index is 286. The standard InChI is InChI=1S/C9H17N3O/c1-9(2,3)12-6-11-7(5-13-4)8(12)10/h6H,5,10H2,1-4H3. The minimum atomic E-state index is -0.0247. The first-order valence-corrected chi connectivity index (χ1v) is 4.28. The minimum Gasteiger partial charge on any atom is -0.383 e. The number of nitrogens with two attached hydrogens (primary N) is 1. The normalized spacial score (nSPS) is 12.0. The summed E-state index contributed by atoms with van der Waals surface area (Å²) in [4.78, 5) is 4.18. The van der Waals surface area contributed by atoms with Gasteiger partial charge in [0.05, 0.1) is 12.9 Å². The molecule has 0 amide bonds. The SMILES string of the molecule is COCc1ncn(C(C)(C)C)c1N. The average molecular weight is 183 g/mol. The van der Waals surface area contributed by atoms with Crippen molar-refractivity contribution in [3.63, 3.8) is 0 Å². The zero-order chi connectivity index (χ0) is 10.1. The molecule has 0 unspecified atom stereocenters. The van der Waals surface area contributed by atoms with Crippen LogP contribution in [0.1, 0.15) is 26.5 Å². The molecule has 1 aromatic heterocycles. The Balaban J connectivity index is 2.99. The molecule has 1 rings (SSSR count). The number of rotatable bonds is 2. The summed E-state index contributed by atoms with van der Waals surface area (Å²) in [5, 5.41) is 0. The number of aromatic nitrogens is 2. The summed E-state index contributed by atoms with van der Waals surface area (Å²) >= 11 is 0. The van der Waals surface area contributed by atoms with E-state index in [-0.39, 0.29) is 5.54 Å². The van der Waals surface area contributed by atoms with E-state index in [1.807, 2.05) is 4.57 Å². The molecule has 0 aromatic carbocycles. The van der Waals surface area contributed by atoms with Gasteiger partial charge in [0.15, 0.2) is 0 Å². The number of nitrogen functional groups attached to an aromatic ring is 1. The Morgan fingerprint density at radius 1 is 1.54 bits per heavy atom. The van der Waals surface area contributed by atoms with Crippen molar-refractivity contribution in [2.24, 2.45) is 0 Å². The fourth-order valence-corrected chi connectivity index (χ4v) is 1.18. The first-order chi connectivity index (χ1) is 5.96. The molecular formula is C9H17N3O. The summed E-state index contributed by atoms with van der Waals surface area (Å²) in [6, 6.07) is 0. The van der Waals surface area contributed by atoms with Crippen LogP contribution in [0.25, 0.3) is 0 Å². The molecule has 4 nitrogen and oxygen atoms in total. The van der Waals surface area contributed by atoms with Gasteiger partial charge in [-0.3, -0.25) is 0 Å². The maximum absolute atomic E-state index is 5.90. The molecule has 2 N–H and O–H groups in total. The van der Waals surface area contributed by atoms with E-state index in [4.69, 9.17) is 10.5 Å². The molecule has 0 radical (unpaired) electrons. The number of anilines is 1. The first-order valence-electron chi connectivity index (χ1n) is 4.28. The summed E-state index contributed by atoms with van der Waals surface area (Å²) in [6.45, 7) is 6.72. The molecule has 0 aliphatic rings. The highest BCUT2D eigenvalue weighted by Crippen LogP contribution is 2.21. The second-order valence-corrected chi connectivity index (χ2v) is 4.05. The van der Waals surface area contributed by atoms with Crippen LogP contribution in [0.5, 0.6) is 0 Å². The van der Waals surface area contributed by atoms with Crippen LogP contribution in [0.3, 0.4) is 0 Å². The fourth-order valence-electron chi connectivity index (χ4n) is 1.18. The summed E-state index contributed by atoms with van der Waals surface area (Å²) in [7, 11) is 1.63. The van der Waals surface area contributed by atoms with E-state index in [2.05, 4.69) is 25.8 Å². The van der Waals surface area contributed by atoms with Crippen LogP contribution >= 0.6 is 0 Å². The van der Waals surface area contributed by atoms with Crippen molar-refractivity contribution in [2.45, 2.75) is 32.9 Å². The molecule has 1 aromatic rings. The fraction of sp³-hybridized carbons (Fsp3) is 0.667. The number of imidazole rings is 1. The topological polar surface area (TPSA) is 53.1 Å². The summed E-state index contributed by atoms with van der Waals surface area (Å²) in [5.74, 6) is 0.689. The molecule has 4 heteroatoms. The summed E-state index contributed by atoms with van der Waals surface area (Å²) in [5.41, 5.74) is 6.67. The third-order valence-electron chi connectivity index (χ3n) is 1.89. The van der Waals surface area contributed by atoms with Crippen LogP contribution in [0.4, 0.5) is 5.82 Å². The van der Waals surface area contributed by atoms with Gasteiger partial charge in [-0.15, -0.1) is 0 Å². The van der Waals surface area contributed by atoms with Gasteiger partial charge in [-0.1, -0.05) is 0 Å². The Morgan fingerprint density at radius 3 is 2.54 bits per heavy atom. The molecule has 0 aliphatic carbocycles. The second kappa shape index (κ2) is 3.38. The second-order valence-electron chi connectivity index (χ2n) is 4.05. The van der Waals surface area contributed by atoms with E-state index in [1.54, 1.807) is 13.4 Å². The van der Waals surface area contributed by atoms with E-state index in [0.717, 1.165) is 5.69 Å². The Morgan fingerprint density at radius 2 is 2.15 bits per heavy atom. The van der Waals surface area contributed by atoms with Crippen molar-refractivity contribution in [1.29, 1.82) is 0 Å². The van der Waals surface area contributed by atoms with Crippen LogP contribution in [-0.2, 0) is 16.9 Å². The molecule has 74 valence electrons. The smallest absolute Gasteiger partial charge is 0.129 e. The molecule has 0 aliphatic heterocycles. The van der Waals surface area contributed by atoms with E-state index in [0.29, 0.717) is 12.4 Å². The number of hydrogen-bond acceptors (Lipinski definition) is 3. The number of hydrogen-bond donors (Lipinski definition) is 1. The quantitative estimate of drug-likeness (QED) is 0.753. The molecule has 0 saturated carbocycles. The zero-order valence-corrected chi connectivity index (χ0v) is 8.66. The molecule has 13 heavy (non-hydrogen) atoms. The van der Waals surface area contributed by atoms with Gasteiger partial charge in [-0.05, 0) is 20.8 Å².